The molecule has 0 aromatic rings. The van der Waals surface area contributed by atoms with Crippen LogP contribution in [0.4, 0.5) is 0 Å². The topological polar surface area (TPSA) is 125 Å². The summed E-state index contributed by atoms with van der Waals surface area (Å²) in [5.74, 6) is -0.288. The van der Waals surface area contributed by atoms with E-state index < -0.39 is 32.7 Å². The van der Waals surface area contributed by atoms with Crippen LogP contribution in [0.3, 0.4) is 0 Å². The second-order valence-electron chi connectivity index (χ2n) is 18.3. The molecule has 0 radical (unpaired) electrons. The number of amides is 1. The van der Waals surface area contributed by atoms with Gasteiger partial charge < -0.3 is 24.9 Å². The van der Waals surface area contributed by atoms with Gasteiger partial charge in [-0.2, -0.15) is 0 Å². The number of aliphatic hydroxyl groups excluding tert-OH is 2. The zero-order valence-corrected chi connectivity index (χ0v) is 43.8. The standard InChI is InChI=1S/C57H97N2O7P/c1-6-8-10-12-14-16-18-20-21-22-23-24-25-26-27-28-29-30-31-32-33-34-35-36-37-38-40-42-44-46-48-50-56(61)58-54(53-66-67(63,64)65-52-51-59(3,4)5)57(62)55(60)49-47-45-43-41-39-19-17-15-13-11-9-7-2/h7-10,14-17,20-21,23-24,26-27,29-30,32-33,41,43,54-55,57,60,62H,6,11-13,18-19,22,25,28,31,34-40,42,44-53H2,1-5H3,(H-,58,61,63,64)/p+1/b9-7+,10-8-,16-14-,17-15+,21-20-,24-23-,27-26-,30-29-,33-32-,43-41+. The minimum atomic E-state index is -4.44. The highest BCUT2D eigenvalue weighted by Gasteiger charge is 2.31. The average Bonchev–Trinajstić information content (AvgIpc) is 3.29. The molecule has 4 atom stereocenters. The van der Waals surface area contributed by atoms with E-state index in [0.717, 1.165) is 103 Å². The third-order valence-corrected chi connectivity index (χ3v) is 11.8. The van der Waals surface area contributed by atoms with E-state index in [1.165, 1.54) is 32.1 Å². The first-order chi connectivity index (χ1) is 32.4. The maximum Gasteiger partial charge on any atom is 0.472 e. The SMILES string of the molecule is C/C=C/CC/C=C/CC/C=C/CCCC(O)C(O)C(COP(=O)(O)OCC[N+](C)(C)C)NC(=O)CCCCCCCCCCC/C=C\C/C=C\C/C=C\C/C=C\C/C=C\C/C=C\C/C=C\CC. The second kappa shape index (κ2) is 46.6. The highest BCUT2D eigenvalue weighted by Crippen LogP contribution is 2.43. The van der Waals surface area contributed by atoms with E-state index in [9.17, 15) is 24.5 Å². The minimum absolute atomic E-state index is 0.00425. The second-order valence-corrected chi connectivity index (χ2v) is 19.7. The number of rotatable bonds is 45. The lowest BCUT2D eigenvalue weighted by molar-refractivity contribution is -0.870. The summed E-state index contributed by atoms with van der Waals surface area (Å²) >= 11 is 0. The van der Waals surface area contributed by atoms with Gasteiger partial charge in [-0.3, -0.25) is 13.8 Å². The van der Waals surface area contributed by atoms with Crippen LogP contribution in [-0.2, 0) is 18.4 Å². The van der Waals surface area contributed by atoms with Crippen molar-refractivity contribution in [3.05, 3.63) is 122 Å². The minimum Gasteiger partial charge on any atom is -0.390 e. The molecule has 4 unspecified atom stereocenters. The Bertz CT molecular complexity index is 1520. The van der Waals surface area contributed by atoms with Crippen LogP contribution in [-0.4, -0.2) is 84.6 Å². The Kier molecular flexibility index (Phi) is 44.4. The molecule has 0 fully saturated rings. The number of quaternary nitrogens is 1. The number of nitrogens with one attached hydrogen (secondary N) is 1. The summed E-state index contributed by atoms with van der Waals surface area (Å²) < 4.78 is 23.5. The summed E-state index contributed by atoms with van der Waals surface area (Å²) in [6.07, 6.45) is 65.8. The summed E-state index contributed by atoms with van der Waals surface area (Å²) in [5, 5.41) is 24.7. The lowest BCUT2D eigenvalue weighted by Crippen LogP contribution is -2.51. The number of likely N-dealkylation sites (N-methyl/N-ethyl adjacent to an activating group) is 1. The number of hydrogen-bond acceptors (Lipinski definition) is 6. The Morgan fingerprint density at radius 2 is 0.955 bits per heavy atom. The van der Waals surface area contributed by atoms with Crippen molar-refractivity contribution in [3.8, 4) is 0 Å². The van der Waals surface area contributed by atoms with E-state index in [-0.39, 0.29) is 18.9 Å². The number of carbonyl (C=O) groups is 1. The number of allylic oxidation sites excluding steroid dienone is 20. The molecule has 1 amide bonds. The summed E-state index contributed by atoms with van der Waals surface area (Å²) in [5.41, 5.74) is 0. The Balaban J connectivity index is 4.31. The molecular formula is C57H98N2O7P+. The Labute approximate surface area is 410 Å². The Hall–Kier alpha value is -3.14. The van der Waals surface area contributed by atoms with E-state index in [0.29, 0.717) is 30.3 Å². The molecule has 10 heteroatoms. The molecule has 0 aliphatic carbocycles. The molecule has 0 saturated carbocycles. The normalized spacial score (nSPS) is 15.5. The van der Waals surface area contributed by atoms with Gasteiger partial charge >= 0.3 is 7.82 Å². The smallest absolute Gasteiger partial charge is 0.390 e. The van der Waals surface area contributed by atoms with Crippen molar-refractivity contribution >= 4 is 13.7 Å². The van der Waals surface area contributed by atoms with Crippen LogP contribution in [0.5, 0.6) is 0 Å². The lowest BCUT2D eigenvalue weighted by Gasteiger charge is -2.28. The van der Waals surface area contributed by atoms with Crippen molar-refractivity contribution in [1.29, 1.82) is 0 Å². The Morgan fingerprint density at radius 1 is 0.552 bits per heavy atom. The fourth-order valence-electron chi connectivity index (χ4n) is 6.75. The van der Waals surface area contributed by atoms with Gasteiger partial charge in [0.1, 0.15) is 19.3 Å². The van der Waals surface area contributed by atoms with Crippen molar-refractivity contribution in [2.75, 3.05) is 40.9 Å². The van der Waals surface area contributed by atoms with Gasteiger partial charge in [0.25, 0.3) is 0 Å². The van der Waals surface area contributed by atoms with Crippen molar-refractivity contribution in [3.63, 3.8) is 0 Å². The summed E-state index contributed by atoms with van der Waals surface area (Å²) in [4.78, 5) is 23.3. The number of unbranched alkanes of at least 4 members (excludes halogenated alkanes) is 12. The van der Waals surface area contributed by atoms with Crippen molar-refractivity contribution in [2.45, 2.75) is 193 Å². The molecule has 0 saturated heterocycles. The van der Waals surface area contributed by atoms with Gasteiger partial charge in [-0.05, 0) is 116 Å². The summed E-state index contributed by atoms with van der Waals surface area (Å²) in [6, 6.07) is -1.07. The number of nitrogens with zero attached hydrogens (tertiary/aromatic N) is 1. The highest BCUT2D eigenvalue weighted by atomic mass is 31.2. The first-order valence-electron chi connectivity index (χ1n) is 26.0. The molecule has 67 heavy (non-hydrogen) atoms. The van der Waals surface area contributed by atoms with E-state index in [1.807, 2.05) is 28.1 Å². The number of phosphoric acid groups is 1. The van der Waals surface area contributed by atoms with Crippen LogP contribution < -0.4 is 5.32 Å². The predicted molar refractivity (Wildman–Crippen MR) is 287 cm³/mol. The maximum absolute atomic E-state index is 13.0. The molecule has 0 aromatic carbocycles. The summed E-state index contributed by atoms with van der Waals surface area (Å²) in [7, 11) is 1.38. The molecule has 0 bridgehead atoms. The zero-order valence-electron chi connectivity index (χ0n) is 42.9. The third kappa shape index (κ3) is 47.7. The first-order valence-corrected chi connectivity index (χ1v) is 27.4. The molecule has 0 aromatic heterocycles. The maximum atomic E-state index is 13.0. The number of phosphoric ester groups is 1. The molecule has 0 heterocycles. The first kappa shape index (κ1) is 63.9. The van der Waals surface area contributed by atoms with Crippen molar-refractivity contribution < 1.29 is 38.0 Å². The zero-order chi connectivity index (χ0) is 49.4. The lowest BCUT2D eigenvalue weighted by atomic mass is 10.0. The van der Waals surface area contributed by atoms with Crippen LogP contribution in [0.25, 0.3) is 0 Å². The van der Waals surface area contributed by atoms with E-state index >= 15 is 0 Å². The van der Waals surface area contributed by atoms with Gasteiger partial charge in [-0.15, -0.1) is 0 Å². The molecule has 0 aliphatic rings. The molecule has 382 valence electrons. The van der Waals surface area contributed by atoms with Gasteiger partial charge in [-0.25, -0.2) is 4.57 Å². The van der Waals surface area contributed by atoms with Gasteiger partial charge in [0, 0.05) is 6.42 Å². The van der Waals surface area contributed by atoms with Crippen molar-refractivity contribution in [2.24, 2.45) is 0 Å². The van der Waals surface area contributed by atoms with E-state index in [4.69, 9.17) is 9.05 Å². The fourth-order valence-corrected chi connectivity index (χ4v) is 7.48. The van der Waals surface area contributed by atoms with Crippen LogP contribution in [0.15, 0.2) is 122 Å². The average molecular weight is 954 g/mol. The van der Waals surface area contributed by atoms with Gasteiger partial charge in [-0.1, -0.05) is 173 Å². The molecular weight excluding hydrogens is 856 g/mol. The molecule has 0 aliphatic heterocycles. The highest BCUT2D eigenvalue weighted by molar-refractivity contribution is 7.47. The number of hydrogen-bond donors (Lipinski definition) is 4. The van der Waals surface area contributed by atoms with Crippen LogP contribution in [0.2, 0.25) is 0 Å². The van der Waals surface area contributed by atoms with Gasteiger partial charge in [0.2, 0.25) is 5.91 Å². The van der Waals surface area contributed by atoms with Gasteiger partial charge in [0.15, 0.2) is 0 Å². The fraction of sp³-hybridized carbons (Fsp3) is 0.632. The quantitative estimate of drug-likeness (QED) is 0.0207. The molecule has 9 nitrogen and oxygen atoms in total. The summed E-state index contributed by atoms with van der Waals surface area (Å²) in [6.45, 7) is 4.21. The predicted octanol–water partition coefficient (Wildman–Crippen LogP) is 14.4. The van der Waals surface area contributed by atoms with E-state index in [1.54, 1.807) is 0 Å². The largest absolute Gasteiger partial charge is 0.472 e. The van der Waals surface area contributed by atoms with Crippen LogP contribution in [0.1, 0.15) is 174 Å². The molecule has 0 rings (SSSR count). The third-order valence-electron chi connectivity index (χ3n) is 10.8. The molecule has 4 N–H and O–H groups in total. The number of aliphatic hydroxyl groups is 2. The Morgan fingerprint density at radius 3 is 1.43 bits per heavy atom. The van der Waals surface area contributed by atoms with Crippen LogP contribution >= 0.6 is 7.82 Å². The monoisotopic (exact) mass is 954 g/mol. The number of carbonyl (C=O) groups excluding carboxylic acids is 1. The van der Waals surface area contributed by atoms with Gasteiger partial charge in [0.05, 0.1) is 39.9 Å². The van der Waals surface area contributed by atoms with Crippen molar-refractivity contribution in [1.82, 2.24) is 5.32 Å². The molecule has 0 spiro atoms. The van der Waals surface area contributed by atoms with E-state index in [2.05, 4.69) is 134 Å². The van der Waals surface area contributed by atoms with Crippen LogP contribution in [0, 0.1) is 0 Å².